The lowest BCUT2D eigenvalue weighted by Crippen LogP contribution is -2.48. The largest absolute Gasteiger partial charge is 0.371 e. The van der Waals surface area contributed by atoms with Crippen LogP contribution in [0.1, 0.15) is 12.8 Å². The normalized spacial score (nSPS) is 20.9. The van der Waals surface area contributed by atoms with Crippen LogP contribution >= 0.6 is 0 Å². The van der Waals surface area contributed by atoms with Crippen LogP contribution < -0.4 is 15.5 Å². The second kappa shape index (κ2) is 8.04. The first kappa shape index (κ1) is 16.6. The first-order valence-electron chi connectivity index (χ1n) is 8.59. The van der Waals surface area contributed by atoms with E-state index in [1.54, 1.807) is 6.07 Å². The molecule has 2 heterocycles. The molecule has 0 radical (unpaired) electrons. The van der Waals surface area contributed by atoms with Crippen molar-refractivity contribution in [3.05, 3.63) is 29.8 Å². The summed E-state index contributed by atoms with van der Waals surface area (Å²) in [7, 11) is 0. The van der Waals surface area contributed by atoms with E-state index in [9.17, 15) is 8.78 Å². The zero-order valence-corrected chi connectivity index (χ0v) is 13.5. The maximum absolute atomic E-state index is 13.3. The average molecular weight is 324 g/mol. The first-order chi connectivity index (χ1) is 11.2. The zero-order chi connectivity index (χ0) is 16.1. The molecule has 2 aliphatic rings. The van der Waals surface area contributed by atoms with Gasteiger partial charge in [0.2, 0.25) is 0 Å². The molecule has 0 amide bonds. The lowest BCUT2D eigenvalue weighted by Gasteiger charge is -2.35. The Morgan fingerprint density at radius 1 is 1.04 bits per heavy atom. The monoisotopic (exact) mass is 324 g/mol. The Kier molecular flexibility index (Phi) is 5.80. The summed E-state index contributed by atoms with van der Waals surface area (Å²) in [5.41, 5.74) is 0.781. The van der Waals surface area contributed by atoms with Gasteiger partial charge >= 0.3 is 0 Å². The van der Waals surface area contributed by atoms with Gasteiger partial charge < -0.3 is 15.5 Å². The number of piperazine rings is 1. The molecule has 1 aromatic carbocycles. The molecule has 4 nitrogen and oxygen atoms in total. The Morgan fingerprint density at radius 2 is 1.78 bits per heavy atom. The summed E-state index contributed by atoms with van der Waals surface area (Å²) in [5.74, 6) is -1.54. The Balaban J connectivity index is 1.38. The molecule has 0 atom stereocenters. The van der Waals surface area contributed by atoms with Gasteiger partial charge in [-0.25, -0.2) is 8.78 Å². The highest BCUT2D eigenvalue weighted by Crippen LogP contribution is 2.22. The predicted octanol–water partition coefficient (Wildman–Crippen LogP) is 1.43. The molecule has 0 bridgehead atoms. The fraction of sp³-hybridized carbons (Fsp3) is 0.647. The zero-order valence-electron chi connectivity index (χ0n) is 13.5. The van der Waals surface area contributed by atoms with Crippen LogP contribution in [0.2, 0.25) is 0 Å². The molecular formula is C17H26F2N4. The van der Waals surface area contributed by atoms with Gasteiger partial charge in [-0.1, -0.05) is 0 Å². The van der Waals surface area contributed by atoms with Crippen molar-refractivity contribution in [1.82, 2.24) is 15.5 Å². The lowest BCUT2D eigenvalue weighted by molar-refractivity contribution is 0.235. The summed E-state index contributed by atoms with van der Waals surface area (Å²) < 4.78 is 26.3. The maximum atomic E-state index is 13.3. The van der Waals surface area contributed by atoms with Crippen LogP contribution in [0.3, 0.4) is 0 Å². The number of nitrogens with one attached hydrogen (secondary N) is 2. The van der Waals surface area contributed by atoms with E-state index in [4.69, 9.17) is 0 Å². The molecular weight excluding hydrogens is 298 g/mol. The van der Waals surface area contributed by atoms with E-state index < -0.39 is 11.6 Å². The van der Waals surface area contributed by atoms with Crippen molar-refractivity contribution in [2.24, 2.45) is 0 Å². The van der Waals surface area contributed by atoms with E-state index in [1.807, 2.05) is 0 Å². The number of piperidine rings is 1. The van der Waals surface area contributed by atoms with Crippen molar-refractivity contribution >= 4 is 5.69 Å². The fourth-order valence-corrected chi connectivity index (χ4v) is 3.39. The number of rotatable bonds is 5. The number of hydrogen-bond donors (Lipinski definition) is 2. The van der Waals surface area contributed by atoms with E-state index in [-0.39, 0.29) is 0 Å². The molecule has 128 valence electrons. The molecule has 0 unspecified atom stereocenters. The summed E-state index contributed by atoms with van der Waals surface area (Å²) in [6, 6.07) is 4.70. The molecule has 0 aromatic heterocycles. The summed E-state index contributed by atoms with van der Waals surface area (Å²) in [6.45, 7) is 8.35. The molecule has 3 rings (SSSR count). The summed E-state index contributed by atoms with van der Waals surface area (Å²) in [4.78, 5) is 4.62. The van der Waals surface area contributed by atoms with Crippen molar-refractivity contribution in [2.45, 2.75) is 18.9 Å². The topological polar surface area (TPSA) is 30.5 Å². The molecule has 23 heavy (non-hydrogen) atoms. The number of halogens is 2. The lowest BCUT2D eigenvalue weighted by atomic mass is 10.0. The summed E-state index contributed by atoms with van der Waals surface area (Å²) in [6.07, 6.45) is 2.08. The van der Waals surface area contributed by atoms with Gasteiger partial charge in [-0.05, 0) is 25.0 Å². The SMILES string of the molecule is Fc1ccc(N2CCC(NCCN3CCNCC3)CC2)cc1F. The Labute approximate surface area is 136 Å². The number of hydrogen-bond acceptors (Lipinski definition) is 4. The molecule has 6 heteroatoms. The Morgan fingerprint density at radius 3 is 2.48 bits per heavy atom. The van der Waals surface area contributed by atoms with Crippen LogP contribution in [0.25, 0.3) is 0 Å². The van der Waals surface area contributed by atoms with Crippen molar-refractivity contribution < 1.29 is 8.78 Å². The third-order valence-electron chi connectivity index (χ3n) is 4.83. The van der Waals surface area contributed by atoms with Crippen LogP contribution in [0.15, 0.2) is 18.2 Å². The Bertz CT molecular complexity index is 497. The standard InChI is InChI=1S/C17H26F2N4/c18-16-2-1-15(13-17(16)19)23-8-3-14(4-9-23)21-7-12-22-10-5-20-6-11-22/h1-2,13-14,20-21H,3-12H2. The highest BCUT2D eigenvalue weighted by atomic mass is 19.2. The van der Waals surface area contributed by atoms with Crippen molar-refractivity contribution in [3.8, 4) is 0 Å². The first-order valence-corrected chi connectivity index (χ1v) is 8.59. The van der Waals surface area contributed by atoms with E-state index in [0.29, 0.717) is 6.04 Å². The van der Waals surface area contributed by atoms with Crippen LogP contribution in [0, 0.1) is 11.6 Å². The average Bonchev–Trinajstić information content (AvgIpc) is 2.59. The summed E-state index contributed by atoms with van der Waals surface area (Å²) >= 11 is 0. The van der Waals surface area contributed by atoms with Gasteiger partial charge in [0.1, 0.15) is 0 Å². The smallest absolute Gasteiger partial charge is 0.160 e. The summed E-state index contributed by atoms with van der Waals surface area (Å²) in [5, 5.41) is 7.00. The van der Waals surface area contributed by atoms with Gasteiger partial charge in [-0.15, -0.1) is 0 Å². The molecule has 2 N–H and O–H groups in total. The fourth-order valence-electron chi connectivity index (χ4n) is 3.39. The highest BCUT2D eigenvalue weighted by Gasteiger charge is 2.20. The number of anilines is 1. The minimum absolute atomic E-state index is 0.527. The molecule has 2 aliphatic heterocycles. The second-order valence-corrected chi connectivity index (χ2v) is 6.41. The van der Waals surface area contributed by atoms with Gasteiger partial charge in [0.05, 0.1) is 0 Å². The van der Waals surface area contributed by atoms with Crippen LogP contribution in [0.4, 0.5) is 14.5 Å². The van der Waals surface area contributed by atoms with Gasteiger partial charge in [0, 0.05) is 70.2 Å². The minimum Gasteiger partial charge on any atom is -0.371 e. The van der Waals surface area contributed by atoms with Crippen molar-refractivity contribution in [3.63, 3.8) is 0 Å². The molecule has 0 saturated carbocycles. The molecule has 1 aromatic rings. The minimum atomic E-state index is -0.779. The Hall–Kier alpha value is -1.24. The molecule has 2 saturated heterocycles. The van der Waals surface area contributed by atoms with E-state index >= 15 is 0 Å². The van der Waals surface area contributed by atoms with Gasteiger partial charge in [-0.2, -0.15) is 0 Å². The van der Waals surface area contributed by atoms with Gasteiger partial charge in [0.25, 0.3) is 0 Å². The third-order valence-corrected chi connectivity index (χ3v) is 4.83. The maximum Gasteiger partial charge on any atom is 0.160 e. The van der Waals surface area contributed by atoms with Crippen LogP contribution in [0.5, 0.6) is 0 Å². The number of benzene rings is 1. The van der Waals surface area contributed by atoms with E-state index in [2.05, 4.69) is 20.4 Å². The van der Waals surface area contributed by atoms with Gasteiger partial charge in [0.15, 0.2) is 11.6 Å². The molecule has 0 aliphatic carbocycles. The molecule has 2 fully saturated rings. The predicted molar refractivity (Wildman–Crippen MR) is 88.9 cm³/mol. The van der Waals surface area contributed by atoms with Crippen molar-refractivity contribution in [1.29, 1.82) is 0 Å². The molecule has 0 spiro atoms. The quantitative estimate of drug-likeness (QED) is 0.858. The van der Waals surface area contributed by atoms with Crippen molar-refractivity contribution in [2.75, 3.05) is 57.3 Å². The third kappa shape index (κ3) is 4.62. The van der Waals surface area contributed by atoms with Crippen LogP contribution in [-0.2, 0) is 0 Å². The number of nitrogens with zero attached hydrogens (tertiary/aromatic N) is 2. The van der Waals surface area contributed by atoms with Gasteiger partial charge in [-0.3, -0.25) is 4.90 Å². The van der Waals surface area contributed by atoms with E-state index in [0.717, 1.165) is 70.9 Å². The van der Waals surface area contributed by atoms with Crippen LogP contribution in [-0.4, -0.2) is 63.3 Å². The van der Waals surface area contributed by atoms with E-state index in [1.165, 1.54) is 12.1 Å². The second-order valence-electron chi connectivity index (χ2n) is 6.41. The highest BCUT2D eigenvalue weighted by molar-refractivity contribution is 5.47.